The minimum atomic E-state index is -1.30. The molecule has 2 N–H and O–H groups in total. The summed E-state index contributed by atoms with van der Waals surface area (Å²) in [5, 5.41) is 5.72. The largest absolute Gasteiger partial charge is 0.341 e. The van der Waals surface area contributed by atoms with E-state index >= 15 is 0 Å². The van der Waals surface area contributed by atoms with Crippen molar-refractivity contribution >= 4 is 17.8 Å². The molecule has 0 radical (unpaired) electrons. The number of hydrogen-bond acceptors (Lipinski definition) is 4. The van der Waals surface area contributed by atoms with Crippen molar-refractivity contribution < 1.29 is 18.8 Å². The maximum Gasteiger partial charge on any atom is 0.325 e. The highest BCUT2D eigenvalue weighted by molar-refractivity contribution is 6.09. The monoisotopic (exact) mass is 362 g/mol. The van der Waals surface area contributed by atoms with Gasteiger partial charge >= 0.3 is 6.03 Å². The first-order valence-corrected chi connectivity index (χ1v) is 8.67. The molecule has 2 aliphatic heterocycles. The van der Waals surface area contributed by atoms with Crippen LogP contribution in [0.15, 0.2) is 24.3 Å². The Balaban J connectivity index is 1.69. The first-order valence-electron chi connectivity index (χ1n) is 8.67. The third-order valence-electron chi connectivity index (χ3n) is 5.12. The summed E-state index contributed by atoms with van der Waals surface area (Å²) < 4.78 is 13.1. The predicted molar refractivity (Wildman–Crippen MR) is 92.6 cm³/mol. The van der Waals surface area contributed by atoms with Crippen LogP contribution in [0.5, 0.6) is 0 Å². The SMILES string of the molecule is CNCC1CCN(C(=O)CN2C(=O)NC(C)(c3ccc(F)cc3)C2=O)C1. The number of carbonyl (C=O) groups excluding carboxylic acids is 3. The number of nitrogens with one attached hydrogen (secondary N) is 2. The summed E-state index contributed by atoms with van der Waals surface area (Å²) in [6, 6.07) is 4.78. The van der Waals surface area contributed by atoms with E-state index < -0.39 is 23.3 Å². The smallest absolute Gasteiger partial charge is 0.325 e. The molecular formula is C18H23FN4O3. The van der Waals surface area contributed by atoms with E-state index in [1.165, 1.54) is 24.3 Å². The van der Waals surface area contributed by atoms with Gasteiger partial charge in [-0.2, -0.15) is 0 Å². The van der Waals surface area contributed by atoms with E-state index in [4.69, 9.17) is 0 Å². The molecule has 2 fully saturated rings. The number of rotatable bonds is 5. The average Bonchev–Trinajstić information content (AvgIpc) is 3.15. The van der Waals surface area contributed by atoms with Crippen LogP contribution < -0.4 is 10.6 Å². The normalized spacial score (nSPS) is 25.7. The van der Waals surface area contributed by atoms with Crippen LogP contribution in [0.25, 0.3) is 0 Å². The number of carbonyl (C=O) groups is 3. The number of halogens is 1. The van der Waals surface area contributed by atoms with Gasteiger partial charge in [0.05, 0.1) is 0 Å². The number of likely N-dealkylation sites (tertiary alicyclic amines) is 1. The first kappa shape index (κ1) is 18.3. The van der Waals surface area contributed by atoms with E-state index in [-0.39, 0.29) is 12.5 Å². The molecule has 26 heavy (non-hydrogen) atoms. The second-order valence-electron chi connectivity index (χ2n) is 7.01. The van der Waals surface area contributed by atoms with Crippen LogP contribution in [-0.4, -0.2) is 60.9 Å². The second-order valence-corrected chi connectivity index (χ2v) is 7.01. The summed E-state index contributed by atoms with van der Waals surface area (Å²) in [6.07, 6.45) is 0.903. The van der Waals surface area contributed by atoms with Gasteiger partial charge in [0.15, 0.2) is 0 Å². The predicted octanol–water partition coefficient (Wildman–Crippen LogP) is 0.661. The molecule has 0 saturated carbocycles. The van der Waals surface area contributed by atoms with Gasteiger partial charge in [0.1, 0.15) is 17.9 Å². The zero-order chi connectivity index (χ0) is 18.9. The quantitative estimate of drug-likeness (QED) is 0.754. The summed E-state index contributed by atoms with van der Waals surface area (Å²) in [5.41, 5.74) is -0.826. The highest BCUT2D eigenvalue weighted by Crippen LogP contribution is 2.29. The Hall–Kier alpha value is -2.48. The lowest BCUT2D eigenvalue weighted by molar-refractivity contribution is -0.138. The van der Waals surface area contributed by atoms with Gasteiger partial charge in [-0.25, -0.2) is 9.18 Å². The molecule has 3 rings (SSSR count). The summed E-state index contributed by atoms with van der Waals surface area (Å²) in [6.45, 7) is 3.36. The Bertz CT molecular complexity index is 724. The maximum absolute atomic E-state index is 13.1. The van der Waals surface area contributed by atoms with Crippen molar-refractivity contribution in [3.8, 4) is 0 Å². The molecule has 1 aromatic carbocycles. The number of benzene rings is 1. The van der Waals surface area contributed by atoms with Crippen LogP contribution in [0.2, 0.25) is 0 Å². The van der Waals surface area contributed by atoms with E-state index in [2.05, 4.69) is 10.6 Å². The molecule has 1 aromatic rings. The maximum atomic E-state index is 13.1. The van der Waals surface area contributed by atoms with Gasteiger partial charge in [-0.3, -0.25) is 14.5 Å². The van der Waals surface area contributed by atoms with Gasteiger partial charge in [0.2, 0.25) is 5.91 Å². The number of urea groups is 1. The Labute approximate surface area is 151 Å². The molecule has 0 bridgehead atoms. The number of imide groups is 1. The van der Waals surface area contributed by atoms with Crippen molar-refractivity contribution in [2.24, 2.45) is 5.92 Å². The summed E-state index contributed by atoms with van der Waals surface area (Å²) >= 11 is 0. The fourth-order valence-electron chi connectivity index (χ4n) is 3.57. The lowest BCUT2D eigenvalue weighted by Gasteiger charge is -2.23. The molecular weight excluding hydrogens is 339 g/mol. The molecule has 0 spiro atoms. The third-order valence-corrected chi connectivity index (χ3v) is 5.12. The van der Waals surface area contributed by atoms with Gasteiger partial charge in [0.25, 0.3) is 5.91 Å². The molecule has 2 atom stereocenters. The molecule has 0 aromatic heterocycles. The first-order chi connectivity index (χ1) is 12.3. The second kappa shape index (κ2) is 7.03. The molecule has 2 aliphatic rings. The van der Waals surface area contributed by atoms with Crippen LogP contribution in [0.1, 0.15) is 18.9 Å². The van der Waals surface area contributed by atoms with Crippen molar-refractivity contribution in [2.75, 3.05) is 33.2 Å². The lowest BCUT2D eigenvalue weighted by atomic mass is 9.92. The minimum Gasteiger partial charge on any atom is -0.341 e. The molecule has 2 unspecified atom stereocenters. The number of nitrogens with zero attached hydrogens (tertiary/aromatic N) is 2. The van der Waals surface area contributed by atoms with Crippen molar-refractivity contribution in [2.45, 2.75) is 18.9 Å². The van der Waals surface area contributed by atoms with E-state index in [1.807, 2.05) is 7.05 Å². The summed E-state index contributed by atoms with van der Waals surface area (Å²) in [7, 11) is 1.87. The third kappa shape index (κ3) is 3.29. The van der Waals surface area contributed by atoms with Gasteiger partial charge in [-0.15, -0.1) is 0 Å². The summed E-state index contributed by atoms with van der Waals surface area (Å²) in [4.78, 5) is 40.3. The molecule has 0 aliphatic carbocycles. The van der Waals surface area contributed by atoms with Crippen LogP contribution in [-0.2, 0) is 15.1 Å². The van der Waals surface area contributed by atoms with Crippen LogP contribution in [0.3, 0.4) is 0 Å². The highest BCUT2D eigenvalue weighted by Gasteiger charge is 2.49. The van der Waals surface area contributed by atoms with E-state index in [1.54, 1.807) is 11.8 Å². The van der Waals surface area contributed by atoms with E-state index in [9.17, 15) is 18.8 Å². The van der Waals surface area contributed by atoms with E-state index in [0.717, 1.165) is 17.9 Å². The Morgan fingerprint density at radius 2 is 2.04 bits per heavy atom. The van der Waals surface area contributed by atoms with E-state index in [0.29, 0.717) is 24.6 Å². The van der Waals surface area contributed by atoms with Crippen LogP contribution in [0, 0.1) is 11.7 Å². The highest BCUT2D eigenvalue weighted by atomic mass is 19.1. The van der Waals surface area contributed by atoms with Crippen molar-refractivity contribution in [1.29, 1.82) is 0 Å². The van der Waals surface area contributed by atoms with Crippen molar-refractivity contribution in [1.82, 2.24) is 20.4 Å². The fourth-order valence-corrected chi connectivity index (χ4v) is 3.57. The Morgan fingerprint density at radius 3 is 2.69 bits per heavy atom. The Kier molecular flexibility index (Phi) is 4.95. The van der Waals surface area contributed by atoms with Crippen LogP contribution in [0.4, 0.5) is 9.18 Å². The molecule has 140 valence electrons. The molecule has 7 nitrogen and oxygen atoms in total. The standard InChI is InChI=1S/C18H23FN4O3/c1-18(13-3-5-14(19)6-4-13)16(25)23(17(26)21-18)11-15(24)22-8-7-12(10-22)9-20-2/h3-6,12,20H,7-11H2,1-2H3,(H,21,26). The minimum absolute atomic E-state index is 0.240. The molecule has 8 heteroatoms. The van der Waals surface area contributed by atoms with Crippen LogP contribution >= 0.6 is 0 Å². The van der Waals surface area contributed by atoms with Crippen molar-refractivity contribution in [3.63, 3.8) is 0 Å². The average molecular weight is 362 g/mol. The molecule has 2 saturated heterocycles. The topological polar surface area (TPSA) is 81.8 Å². The van der Waals surface area contributed by atoms with Gasteiger partial charge in [-0.1, -0.05) is 12.1 Å². The lowest BCUT2D eigenvalue weighted by Crippen LogP contribution is -2.44. The Morgan fingerprint density at radius 1 is 1.35 bits per heavy atom. The van der Waals surface area contributed by atoms with Crippen molar-refractivity contribution in [3.05, 3.63) is 35.6 Å². The number of hydrogen-bond donors (Lipinski definition) is 2. The summed E-state index contributed by atoms with van der Waals surface area (Å²) in [5.74, 6) is -0.785. The van der Waals surface area contributed by atoms with Gasteiger partial charge < -0.3 is 15.5 Å². The fraction of sp³-hybridized carbons (Fsp3) is 0.500. The molecule has 2 heterocycles. The van der Waals surface area contributed by atoms with Gasteiger partial charge in [0, 0.05) is 13.1 Å². The van der Waals surface area contributed by atoms with Gasteiger partial charge in [-0.05, 0) is 50.6 Å². The zero-order valence-corrected chi connectivity index (χ0v) is 14.9. The number of amides is 4. The molecule has 4 amide bonds. The zero-order valence-electron chi connectivity index (χ0n) is 14.9.